The maximum Gasteiger partial charge on any atom is 0.193 e. The lowest BCUT2D eigenvalue weighted by Crippen LogP contribution is -2.43. The highest BCUT2D eigenvalue weighted by Crippen LogP contribution is 2.20. The molecule has 138 valence electrons. The van der Waals surface area contributed by atoms with Crippen molar-refractivity contribution in [2.75, 3.05) is 66.2 Å². The average molecular weight is 338 g/mol. The van der Waals surface area contributed by atoms with Gasteiger partial charge in [-0.2, -0.15) is 0 Å². The van der Waals surface area contributed by atoms with Gasteiger partial charge in [-0.1, -0.05) is 0 Å². The van der Waals surface area contributed by atoms with Gasteiger partial charge in [-0.05, 0) is 45.2 Å². The van der Waals surface area contributed by atoms with Gasteiger partial charge in [-0.15, -0.1) is 0 Å². The Labute approximate surface area is 146 Å². The number of guanidine groups is 1. The van der Waals surface area contributed by atoms with Crippen LogP contribution in [0.4, 0.5) is 0 Å². The maximum absolute atomic E-state index is 5.76. The van der Waals surface area contributed by atoms with Crippen molar-refractivity contribution in [1.29, 1.82) is 0 Å². The van der Waals surface area contributed by atoms with Crippen LogP contribution in [0, 0.1) is 5.92 Å². The Morgan fingerprint density at radius 3 is 2.88 bits per heavy atom. The molecule has 0 aromatic heterocycles. The molecule has 3 rings (SSSR count). The fourth-order valence-electron chi connectivity index (χ4n) is 4.01. The van der Waals surface area contributed by atoms with E-state index in [1.54, 1.807) is 0 Å². The predicted molar refractivity (Wildman–Crippen MR) is 96.5 cm³/mol. The first-order valence-electron chi connectivity index (χ1n) is 9.72. The number of ether oxygens (including phenoxy) is 2. The molecule has 2 atom stereocenters. The first-order chi connectivity index (χ1) is 11.9. The van der Waals surface area contributed by atoms with E-state index in [1.165, 1.54) is 32.4 Å². The standard InChI is InChI=1S/C18H34N4O2/c1-19-18(20-7-4-11-23-14-16-6-12-24-15-16)22-10-5-17(13-22)21-8-2-3-9-21/h16-17H,2-15H2,1H3,(H,19,20). The van der Waals surface area contributed by atoms with Crippen LogP contribution < -0.4 is 5.32 Å². The first-order valence-corrected chi connectivity index (χ1v) is 9.72. The molecule has 1 N–H and O–H groups in total. The largest absolute Gasteiger partial charge is 0.381 e. The van der Waals surface area contributed by atoms with Crippen LogP contribution in [0.15, 0.2) is 4.99 Å². The lowest BCUT2D eigenvalue weighted by atomic mass is 10.1. The van der Waals surface area contributed by atoms with Crippen LogP contribution in [-0.4, -0.2) is 88.0 Å². The van der Waals surface area contributed by atoms with Crippen molar-refractivity contribution in [2.45, 2.75) is 38.1 Å². The molecule has 24 heavy (non-hydrogen) atoms. The second-order valence-corrected chi connectivity index (χ2v) is 7.26. The highest BCUT2D eigenvalue weighted by molar-refractivity contribution is 5.80. The predicted octanol–water partition coefficient (Wildman–Crippen LogP) is 1.18. The minimum atomic E-state index is 0.609. The van der Waals surface area contributed by atoms with Crippen molar-refractivity contribution >= 4 is 5.96 Å². The van der Waals surface area contributed by atoms with Crippen molar-refractivity contribution in [3.63, 3.8) is 0 Å². The molecule has 0 aliphatic carbocycles. The average Bonchev–Trinajstić information content (AvgIpc) is 3.34. The van der Waals surface area contributed by atoms with Gasteiger partial charge < -0.3 is 19.7 Å². The molecule has 3 saturated heterocycles. The Hall–Kier alpha value is -0.850. The smallest absolute Gasteiger partial charge is 0.193 e. The lowest BCUT2D eigenvalue weighted by molar-refractivity contribution is 0.0887. The lowest BCUT2D eigenvalue weighted by Gasteiger charge is -2.25. The van der Waals surface area contributed by atoms with Crippen LogP contribution in [0.1, 0.15) is 32.1 Å². The molecule has 3 aliphatic heterocycles. The first kappa shape index (κ1) is 18.0. The Bertz CT molecular complexity index is 392. The second kappa shape index (κ2) is 9.59. The molecule has 0 spiro atoms. The van der Waals surface area contributed by atoms with Crippen LogP contribution in [0.5, 0.6) is 0 Å². The minimum absolute atomic E-state index is 0.609. The summed E-state index contributed by atoms with van der Waals surface area (Å²) >= 11 is 0. The van der Waals surface area contributed by atoms with E-state index in [0.717, 1.165) is 70.9 Å². The maximum atomic E-state index is 5.76. The molecule has 0 radical (unpaired) electrons. The zero-order chi connectivity index (χ0) is 16.6. The molecule has 6 nitrogen and oxygen atoms in total. The summed E-state index contributed by atoms with van der Waals surface area (Å²) in [6.45, 7) is 9.19. The SMILES string of the molecule is CN=C(NCCCOCC1CCOC1)N1CCC(N2CCCC2)C1. The molecule has 3 aliphatic rings. The van der Waals surface area contributed by atoms with Gasteiger partial charge in [0.2, 0.25) is 0 Å². The number of nitrogens with one attached hydrogen (secondary N) is 1. The monoisotopic (exact) mass is 338 g/mol. The van der Waals surface area contributed by atoms with E-state index < -0.39 is 0 Å². The van der Waals surface area contributed by atoms with Gasteiger partial charge in [0.1, 0.15) is 0 Å². The van der Waals surface area contributed by atoms with E-state index in [-0.39, 0.29) is 0 Å². The fourth-order valence-corrected chi connectivity index (χ4v) is 4.01. The molecular weight excluding hydrogens is 304 g/mol. The number of hydrogen-bond acceptors (Lipinski definition) is 4. The Balaban J connectivity index is 1.27. The summed E-state index contributed by atoms with van der Waals surface area (Å²) in [5.41, 5.74) is 0. The summed E-state index contributed by atoms with van der Waals surface area (Å²) in [7, 11) is 1.89. The zero-order valence-electron chi connectivity index (χ0n) is 15.2. The third kappa shape index (κ3) is 5.07. The highest BCUT2D eigenvalue weighted by Gasteiger charge is 2.30. The van der Waals surface area contributed by atoms with Gasteiger partial charge in [-0.3, -0.25) is 9.89 Å². The van der Waals surface area contributed by atoms with Gasteiger partial charge in [0.25, 0.3) is 0 Å². The topological polar surface area (TPSA) is 49.3 Å². The van der Waals surface area contributed by atoms with Gasteiger partial charge in [0, 0.05) is 51.9 Å². The summed E-state index contributed by atoms with van der Waals surface area (Å²) in [6, 6.07) is 0.725. The summed E-state index contributed by atoms with van der Waals surface area (Å²) in [5.74, 6) is 1.67. The number of rotatable bonds is 7. The molecule has 0 bridgehead atoms. The summed E-state index contributed by atoms with van der Waals surface area (Å²) in [4.78, 5) is 9.54. The van der Waals surface area contributed by atoms with Crippen LogP contribution >= 0.6 is 0 Å². The molecule has 6 heteroatoms. The third-order valence-electron chi connectivity index (χ3n) is 5.46. The molecule has 0 saturated carbocycles. The molecule has 2 unspecified atom stereocenters. The summed E-state index contributed by atoms with van der Waals surface area (Å²) in [6.07, 6.45) is 6.19. The number of likely N-dealkylation sites (tertiary alicyclic amines) is 2. The van der Waals surface area contributed by atoms with Crippen molar-refractivity contribution in [2.24, 2.45) is 10.9 Å². The van der Waals surface area contributed by atoms with Crippen LogP contribution in [-0.2, 0) is 9.47 Å². The second-order valence-electron chi connectivity index (χ2n) is 7.26. The van der Waals surface area contributed by atoms with Crippen LogP contribution in [0.2, 0.25) is 0 Å². The van der Waals surface area contributed by atoms with Crippen molar-refractivity contribution in [3.8, 4) is 0 Å². The Kier molecular flexibility index (Phi) is 7.17. The molecule has 0 aromatic rings. The molecule has 0 amide bonds. The number of nitrogens with zero attached hydrogens (tertiary/aromatic N) is 3. The van der Waals surface area contributed by atoms with Gasteiger partial charge in [0.15, 0.2) is 5.96 Å². The van der Waals surface area contributed by atoms with E-state index >= 15 is 0 Å². The zero-order valence-corrected chi connectivity index (χ0v) is 15.2. The molecule has 3 heterocycles. The van der Waals surface area contributed by atoms with Crippen LogP contribution in [0.25, 0.3) is 0 Å². The van der Waals surface area contributed by atoms with E-state index in [9.17, 15) is 0 Å². The fraction of sp³-hybridized carbons (Fsp3) is 0.944. The third-order valence-corrected chi connectivity index (χ3v) is 5.46. The van der Waals surface area contributed by atoms with E-state index in [0.29, 0.717) is 5.92 Å². The quantitative estimate of drug-likeness (QED) is 0.429. The summed E-state index contributed by atoms with van der Waals surface area (Å²) < 4.78 is 11.1. The molecule has 3 fully saturated rings. The minimum Gasteiger partial charge on any atom is -0.381 e. The van der Waals surface area contributed by atoms with E-state index in [2.05, 4.69) is 20.1 Å². The summed E-state index contributed by atoms with van der Waals surface area (Å²) in [5, 5.41) is 3.50. The van der Waals surface area contributed by atoms with E-state index in [4.69, 9.17) is 9.47 Å². The van der Waals surface area contributed by atoms with Crippen molar-refractivity contribution in [3.05, 3.63) is 0 Å². The highest BCUT2D eigenvalue weighted by atomic mass is 16.5. The molecule has 0 aromatic carbocycles. The van der Waals surface area contributed by atoms with Gasteiger partial charge in [-0.25, -0.2) is 0 Å². The normalized spacial score (nSPS) is 28.9. The van der Waals surface area contributed by atoms with Gasteiger partial charge in [0.05, 0.1) is 13.2 Å². The Morgan fingerprint density at radius 2 is 2.12 bits per heavy atom. The van der Waals surface area contributed by atoms with Gasteiger partial charge >= 0.3 is 0 Å². The number of hydrogen-bond donors (Lipinski definition) is 1. The Morgan fingerprint density at radius 1 is 1.25 bits per heavy atom. The van der Waals surface area contributed by atoms with Crippen molar-refractivity contribution in [1.82, 2.24) is 15.1 Å². The van der Waals surface area contributed by atoms with Crippen LogP contribution in [0.3, 0.4) is 0 Å². The number of aliphatic imine (C=N–C) groups is 1. The molecular formula is C18H34N4O2. The van der Waals surface area contributed by atoms with E-state index in [1.807, 2.05) is 7.05 Å². The van der Waals surface area contributed by atoms with Crippen molar-refractivity contribution < 1.29 is 9.47 Å².